The molecule has 3 nitrogen and oxygen atoms in total. The van der Waals surface area contributed by atoms with E-state index >= 15 is 0 Å². The van der Waals surface area contributed by atoms with E-state index in [2.05, 4.69) is 53.4 Å². The summed E-state index contributed by atoms with van der Waals surface area (Å²) >= 11 is 0. The molecule has 0 bridgehead atoms. The zero-order valence-corrected chi connectivity index (χ0v) is 15.8. The van der Waals surface area contributed by atoms with E-state index in [9.17, 15) is 4.79 Å². The molecule has 2 fully saturated rings. The summed E-state index contributed by atoms with van der Waals surface area (Å²) in [6.45, 7) is 2.27. The lowest BCUT2D eigenvalue weighted by atomic mass is 9.78. The van der Waals surface area contributed by atoms with E-state index in [1.54, 1.807) is 0 Å². The molecule has 1 amide bonds. The van der Waals surface area contributed by atoms with Gasteiger partial charge in [0.15, 0.2) is 0 Å². The first-order valence-corrected chi connectivity index (χ1v) is 10.3. The molecule has 2 unspecified atom stereocenters. The predicted molar refractivity (Wildman–Crippen MR) is 107 cm³/mol. The number of carbonyl (C=O) groups excluding carboxylic acids is 1. The third kappa shape index (κ3) is 2.71. The number of aryl methyl sites for hydroxylation is 1. The monoisotopic (exact) mass is 360 g/mol. The van der Waals surface area contributed by atoms with Crippen LogP contribution in [0.25, 0.3) is 0 Å². The van der Waals surface area contributed by atoms with Gasteiger partial charge in [0.05, 0.1) is 0 Å². The fraction of sp³-hybridized carbons (Fsp3) is 0.458. The van der Waals surface area contributed by atoms with E-state index in [1.807, 2.05) is 6.07 Å². The van der Waals surface area contributed by atoms with E-state index in [-0.39, 0.29) is 11.3 Å². The Balaban J connectivity index is 1.36. The Morgan fingerprint density at radius 2 is 1.85 bits per heavy atom. The summed E-state index contributed by atoms with van der Waals surface area (Å²) in [6, 6.07) is 19.4. The fourth-order valence-electron chi connectivity index (χ4n) is 5.74. The summed E-state index contributed by atoms with van der Waals surface area (Å²) in [5, 5.41) is 0. The van der Waals surface area contributed by atoms with Crippen LogP contribution >= 0.6 is 0 Å². The van der Waals surface area contributed by atoms with Gasteiger partial charge in [-0.05, 0) is 54.8 Å². The Bertz CT molecular complexity index is 848. The molecule has 1 saturated heterocycles. The summed E-state index contributed by atoms with van der Waals surface area (Å²) in [5.74, 6) is 1.27. The molecule has 0 aromatic heterocycles. The van der Waals surface area contributed by atoms with Crippen molar-refractivity contribution < 1.29 is 4.79 Å². The van der Waals surface area contributed by atoms with Gasteiger partial charge < -0.3 is 10.6 Å². The maximum atomic E-state index is 13.4. The van der Waals surface area contributed by atoms with Crippen molar-refractivity contribution in [2.45, 2.75) is 37.0 Å². The molecule has 2 aliphatic carbocycles. The molecule has 1 aliphatic heterocycles. The molecule has 1 spiro atoms. The van der Waals surface area contributed by atoms with Gasteiger partial charge in [-0.25, -0.2) is 0 Å². The lowest BCUT2D eigenvalue weighted by molar-refractivity contribution is -0.132. The van der Waals surface area contributed by atoms with Crippen molar-refractivity contribution >= 4 is 5.91 Å². The van der Waals surface area contributed by atoms with E-state index in [0.717, 1.165) is 32.4 Å². The van der Waals surface area contributed by atoms with Gasteiger partial charge in [-0.2, -0.15) is 0 Å². The number of hydrogen-bond acceptors (Lipinski definition) is 2. The van der Waals surface area contributed by atoms with Gasteiger partial charge in [0.2, 0.25) is 5.91 Å². The molecule has 2 N–H and O–H groups in total. The zero-order chi connectivity index (χ0) is 18.4. The molecule has 1 heterocycles. The number of amides is 1. The van der Waals surface area contributed by atoms with Gasteiger partial charge in [-0.1, -0.05) is 54.6 Å². The Kier molecular flexibility index (Phi) is 4.08. The second kappa shape index (κ2) is 6.49. The van der Waals surface area contributed by atoms with Crippen molar-refractivity contribution in [2.75, 3.05) is 19.6 Å². The molecule has 5 rings (SSSR count). The minimum Gasteiger partial charge on any atom is -0.341 e. The first-order chi connectivity index (χ1) is 13.2. The van der Waals surface area contributed by atoms with Crippen LogP contribution in [0.15, 0.2) is 54.6 Å². The molecule has 3 aliphatic rings. The largest absolute Gasteiger partial charge is 0.341 e. The van der Waals surface area contributed by atoms with E-state index < -0.39 is 0 Å². The molecule has 3 heteroatoms. The number of hydrogen-bond donors (Lipinski definition) is 1. The first kappa shape index (κ1) is 17.0. The molecule has 2 aromatic rings. The van der Waals surface area contributed by atoms with Crippen LogP contribution in [0.5, 0.6) is 0 Å². The molecule has 1 saturated carbocycles. The Morgan fingerprint density at radius 3 is 2.67 bits per heavy atom. The summed E-state index contributed by atoms with van der Waals surface area (Å²) < 4.78 is 0. The van der Waals surface area contributed by atoms with Gasteiger partial charge in [0.1, 0.15) is 0 Å². The summed E-state index contributed by atoms with van der Waals surface area (Å²) in [6.07, 6.45) is 4.56. The van der Waals surface area contributed by atoms with Crippen molar-refractivity contribution in [3.8, 4) is 0 Å². The molecule has 2 aromatic carbocycles. The van der Waals surface area contributed by atoms with Crippen LogP contribution < -0.4 is 5.73 Å². The fourth-order valence-corrected chi connectivity index (χ4v) is 5.74. The zero-order valence-electron chi connectivity index (χ0n) is 15.8. The molecular formula is C24H28N2O. The van der Waals surface area contributed by atoms with Crippen molar-refractivity contribution in [3.05, 3.63) is 71.3 Å². The second-order valence-electron chi connectivity index (χ2n) is 8.68. The third-order valence-corrected chi connectivity index (χ3v) is 7.28. The Labute approximate surface area is 161 Å². The maximum Gasteiger partial charge on any atom is 0.226 e. The van der Waals surface area contributed by atoms with Crippen molar-refractivity contribution in [2.24, 2.45) is 17.6 Å². The Hall–Kier alpha value is -2.13. The quantitative estimate of drug-likeness (QED) is 0.911. The standard InChI is InChI=1S/C24H28N2O/c25-14-19-15-26(16-20(19)17-7-2-1-3-8-17)23(27)22-13-24(22)12-6-10-18-9-4-5-11-21(18)24/h1-5,7-9,11,19-20,22H,6,10,12-16,25H2/t19-,20+,22?,24?/m1/s1. The highest BCUT2D eigenvalue weighted by molar-refractivity contribution is 5.85. The summed E-state index contributed by atoms with van der Waals surface area (Å²) in [7, 11) is 0. The SMILES string of the molecule is NC[C@@H]1CN(C(=O)C2CC23CCCc2ccccc23)C[C@H]1c1ccccc1. The van der Waals surface area contributed by atoms with Gasteiger partial charge >= 0.3 is 0 Å². The van der Waals surface area contributed by atoms with Crippen LogP contribution in [0.4, 0.5) is 0 Å². The van der Waals surface area contributed by atoms with E-state index in [0.29, 0.717) is 24.3 Å². The van der Waals surface area contributed by atoms with Crippen molar-refractivity contribution in [1.82, 2.24) is 4.90 Å². The van der Waals surface area contributed by atoms with E-state index in [1.165, 1.54) is 23.1 Å². The lowest BCUT2D eigenvalue weighted by Crippen LogP contribution is -2.34. The minimum atomic E-state index is 0.120. The second-order valence-corrected chi connectivity index (χ2v) is 8.68. The highest BCUT2D eigenvalue weighted by atomic mass is 16.2. The summed E-state index contributed by atoms with van der Waals surface area (Å²) in [5.41, 5.74) is 10.4. The van der Waals surface area contributed by atoms with Crippen LogP contribution in [0.3, 0.4) is 0 Å². The highest BCUT2D eigenvalue weighted by Gasteiger charge is 2.61. The first-order valence-electron chi connectivity index (χ1n) is 10.3. The summed E-state index contributed by atoms with van der Waals surface area (Å²) in [4.78, 5) is 15.5. The van der Waals surface area contributed by atoms with Gasteiger partial charge in [-0.3, -0.25) is 4.79 Å². The molecule has 140 valence electrons. The maximum absolute atomic E-state index is 13.4. The Morgan fingerprint density at radius 1 is 1.07 bits per heavy atom. The number of fused-ring (bicyclic) bond motifs is 2. The average Bonchev–Trinajstić information content (AvgIpc) is 3.26. The number of nitrogens with zero attached hydrogens (tertiary/aromatic N) is 1. The predicted octanol–water partition coefficient (Wildman–Crippen LogP) is 3.48. The van der Waals surface area contributed by atoms with Crippen LogP contribution in [0, 0.1) is 11.8 Å². The minimum absolute atomic E-state index is 0.120. The van der Waals surface area contributed by atoms with Crippen LogP contribution in [-0.2, 0) is 16.6 Å². The topological polar surface area (TPSA) is 46.3 Å². The molecule has 4 atom stereocenters. The number of benzene rings is 2. The van der Waals surface area contributed by atoms with Crippen LogP contribution in [0.2, 0.25) is 0 Å². The van der Waals surface area contributed by atoms with Gasteiger partial charge in [0.25, 0.3) is 0 Å². The van der Waals surface area contributed by atoms with Gasteiger partial charge in [-0.15, -0.1) is 0 Å². The number of likely N-dealkylation sites (tertiary alicyclic amines) is 1. The normalized spacial score (nSPS) is 31.7. The van der Waals surface area contributed by atoms with Crippen molar-refractivity contribution in [1.29, 1.82) is 0 Å². The molecule has 27 heavy (non-hydrogen) atoms. The van der Waals surface area contributed by atoms with Gasteiger partial charge in [0, 0.05) is 30.3 Å². The third-order valence-electron chi connectivity index (χ3n) is 7.28. The molecule has 0 radical (unpaired) electrons. The lowest BCUT2D eigenvalue weighted by Gasteiger charge is -2.27. The van der Waals surface area contributed by atoms with Crippen molar-refractivity contribution in [3.63, 3.8) is 0 Å². The highest BCUT2D eigenvalue weighted by Crippen LogP contribution is 2.61. The number of carbonyl (C=O) groups is 1. The number of rotatable bonds is 3. The number of nitrogens with two attached hydrogens (primary N) is 1. The van der Waals surface area contributed by atoms with E-state index in [4.69, 9.17) is 5.73 Å². The van der Waals surface area contributed by atoms with Crippen LogP contribution in [0.1, 0.15) is 41.9 Å². The van der Waals surface area contributed by atoms with Crippen LogP contribution in [-0.4, -0.2) is 30.4 Å². The smallest absolute Gasteiger partial charge is 0.226 e. The molecular weight excluding hydrogens is 332 g/mol. The average molecular weight is 361 g/mol.